The van der Waals surface area contributed by atoms with Crippen LogP contribution in [0.15, 0.2) is 0 Å². The normalized spacial score (nSPS) is 21.2. The first-order valence-electron chi connectivity index (χ1n) is 15.7. The minimum atomic E-state index is -1.56. The maximum Gasteiger partial charge on any atom is 0.245 e. The van der Waals surface area contributed by atoms with Crippen molar-refractivity contribution in [2.24, 2.45) is 0 Å². The molecule has 0 aromatic rings. The van der Waals surface area contributed by atoms with E-state index in [4.69, 9.17) is 0 Å². The zero-order chi connectivity index (χ0) is 38.0. The number of carbonyl (C=O) groups excluding carboxylic acids is 9. The molecule has 22 nitrogen and oxygen atoms in total. The fourth-order valence-electron chi connectivity index (χ4n) is 4.41. The lowest BCUT2D eigenvalue weighted by Gasteiger charge is -2.30. The summed E-state index contributed by atoms with van der Waals surface area (Å²) in [5.74, 6) is -8.20. The monoisotopic (exact) mass is 714 g/mol. The molecule has 0 radical (unpaired) electrons. The average Bonchev–Trinajstić information content (AvgIpc) is 3.05. The Bertz CT molecular complexity index is 1230. The van der Waals surface area contributed by atoms with Crippen molar-refractivity contribution in [3.8, 4) is 0 Å². The Hall–Kier alpha value is -4.93. The van der Waals surface area contributed by atoms with Gasteiger partial charge >= 0.3 is 0 Å². The fourth-order valence-corrected chi connectivity index (χ4v) is 4.41. The van der Waals surface area contributed by atoms with Crippen LogP contribution in [-0.2, 0) is 43.2 Å². The maximum atomic E-state index is 13.5. The molecule has 282 valence electrons. The molecule has 1 heterocycles. The summed E-state index contributed by atoms with van der Waals surface area (Å²) in [6.07, 6.45) is -1.09. The summed E-state index contributed by atoms with van der Waals surface area (Å²) in [5, 5.41) is 59.1. The zero-order valence-corrected chi connectivity index (χ0v) is 28.0. The van der Waals surface area contributed by atoms with E-state index in [1.807, 2.05) is 0 Å². The first-order chi connectivity index (χ1) is 23.5. The van der Waals surface area contributed by atoms with Crippen LogP contribution >= 0.6 is 0 Å². The number of rotatable bonds is 13. The second kappa shape index (κ2) is 21.9. The van der Waals surface area contributed by atoms with Gasteiger partial charge in [-0.2, -0.15) is 0 Å². The van der Waals surface area contributed by atoms with Gasteiger partial charge < -0.3 is 67.8 Å². The van der Waals surface area contributed by atoms with Gasteiger partial charge in [-0.3, -0.25) is 43.2 Å². The first-order valence-corrected chi connectivity index (χ1v) is 15.7. The number of hydrogen-bond acceptors (Lipinski definition) is 13. The summed E-state index contributed by atoms with van der Waals surface area (Å²) in [6, 6.07) is -5.96. The molecule has 9 amide bonds. The number of aliphatic hydroxyl groups is 1. The van der Waals surface area contributed by atoms with Gasteiger partial charge in [0.15, 0.2) is 0 Å². The molecule has 0 spiro atoms. The molecule has 1 rings (SSSR count). The number of carbonyl (C=O) groups is 9. The van der Waals surface area contributed by atoms with Crippen molar-refractivity contribution >= 4 is 53.2 Å². The van der Waals surface area contributed by atoms with Gasteiger partial charge in [-0.05, 0) is 38.5 Å². The molecule has 0 aliphatic carbocycles. The van der Waals surface area contributed by atoms with Gasteiger partial charge in [0.05, 0.1) is 19.7 Å². The highest BCUT2D eigenvalue weighted by molar-refractivity contribution is 5.96. The highest BCUT2D eigenvalue weighted by Crippen LogP contribution is 2.08. The molecule has 1 saturated heterocycles. The van der Waals surface area contributed by atoms with Crippen molar-refractivity contribution in [2.45, 2.75) is 83.5 Å². The van der Waals surface area contributed by atoms with Crippen LogP contribution < -0.4 is 31.9 Å². The molecule has 1 aliphatic heterocycles. The minimum absolute atomic E-state index is 0.105. The Labute approximate surface area is 287 Å². The van der Waals surface area contributed by atoms with E-state index in [-0.39, 0.29) is 73.3 Å². The van der Waals surface area contributed by atoms with E-state index in [0.29, 0.717) is 0 Å². The Balaban J connectivity index is 3.45. The number of aliphatic hydroxyl groups excluding tert-OH is 1. The van der Waals surface area contributed by atoms with Crippen molar-refractivity contribution in [3.05, 3.63) is 15.6 Å². The van der Waals surface area contributed by atoms with E-state index in [1.165, 1.54) is 0 Å². The second-order valence-electron chi connectivity index (χ2n) is 11.3. The van der Waals surface area contributed by atoms with Crippen molar-refractivity contribution in [1.29, 1.82) is 0 Å². The van der Waals surface area contributed by atoms with Gasteiger partial charge in [0.1, 0.15) is 24.2 Å². The molecule has 7 N–H and O–H groups in total. The zero-order valence-electron chi connectivity index (χ0n) is 28.0. The van der Waals surface area contributed by atoms with Crippen molar-refractivity contribution < 1.29 is 48.3 Å². The smallest absolute Gasteiger partial charge is 0.245 e. The quantitative estimate of drug-likeness (QED) is 0.0887. The fraction of sp³-hybridized carbons (Fsp3) is 0.679. The molecule has 1 aliphatic rings. The number of nitrogens with one attached hydrogen (secondary N) is 6. The molecular weight excluding hydrogens is 670 g/mol. The second-order valence-corrected chi connectivity index (χ2v) is 11.3. The molecule has 4 atom stereocenters. The maximum absolute atomic E-state index is 13.5. The molecule has 0 aromatic heterocycles. The largest absolute Gasteiger partial charge is 0.756 e. The average molecular weight is 715 g/mol. The molecule has 0 aromatic carbocycles. The summed E-state index contributed by atoms with van der Waals surface area (Å²) < 4.78 is 0. The lowest BCUT2D eigenvalue weighted by Crippen LogP contribution is -2.59. The van der Waals surface area contributed by atoms with E-state index < -0.39 is 97.0 Å². The molecular formula is C28H44N9O13-3. The molecule has 0 bridgehead atoms. The van der Waals surface area contributed by atoms with Gasteiger partial charge in [0.25, 0.3) is 0 Å². The summed E-state index contributed by atoms with van der Waals surface area (Å²) >= 11 is 0. The van der Waals surface area contributed by atoms with Gasteiger partial charge in [-0.25, -0.2) is 0 Å². The summed E-state index contributed by atoms with van der Waals surface area (Å²) in [5.41, 5.74) is 0. The van der Waals surface area contributed by atoms with E-state index >= 15 is 0 Å². The Morgan fingerprint density at radius 3 is 1.20 bits per heavy atom. The SMILES string of the molecule is CC(=O)N([O-])CCCC1NC(=O)CNC(=O)C(CO)NC(=O)CNC(=O)C(CCCN([O-])C(C)=O)NC(=O)C(CCCN([O-])C(C)=O)NC1=O. The molecule has 4 unspecified atom stereocenters. The lowest BCUT2D eigenvalue weighted by atomic mass is 10.1. The number of amides is 9. The lowest BCUT2D eigenvalue weighted by molar-refractivity contribution is -0.135. The minimum Gasteiger partial charge on any atom is -0.756 e. The van der Waals surface area contributed by atoms with Crippen LogP contribution in [0, 0.1) is 15.6 Å². The molecule has 0 saturated carbocycles. The highest BCUT2D eigenvalue weighted by Gasteiger charge is 2.30. The van der Waals surface area contributed by atoms with E-state index in [0.717, 1.165) is 20.8 Å². The van der Waals surface area contributed by atoms with Gasteiger partial charge in [0, 0.05) is 40.4 Å². The topological polar surface area (TPSA) is 325 Å². The van der Waals surface area contributed by atoms with Crippen molar-refractivity contribution in [1.82, 2.24) is 47.1 Å². The van der Waals surface area contributed by atoms with Crippen LogP contribution in [0.5, 0.6) is 0 Å². The Morgan fingerprint density at radius 1 is 0.560 bits per heavy atom. The van der Waals surface area contributed by atoms with Gasteiger partial charge in [-0.15, -0.1) is 0 Å². The van der Waals surface area contributed by atoms with Crippen LogP contribution in [0.4, 0.5) is 0 Å². The Kier molecular flexibility index (Phi) is 18.9. The van der Waals surface area contributed by atoms with E-state index in [1.54, 1.807) is 0 Å². The van der Waals surface area contributed by atoms with Crippen LogP contribution in [-0.4, -0.2) is 137 Å². The van der Waals surface area contributed by atoms with Crippen LogP contribution in [0.3, 0.4) is 0 Å². The van der Waals surface area contributed by atoms with Crippen LogP contribution in [0.2, 0.25) is 0 Å². The summed E-state index contributed by atoms with van der Waals surface area (Å²) in [4.78, 5) is 112. The highest BCUT2D eigenvalue weighted by atomic mass is 16.5. The van der Waals surface area contributed by atoms with Crippen molar-refractivity contribution in [2.75, 3.05) is 39.3 Å². The standard InChI is InChI=1S/C28H44N9O13/c1-16(39)35(48)10-4-7-19-25(44)29-14-24(43)32-22(15-38)26(45)30-13-23(42)31-20(8-5-11-36(49)17(2)40)27(46)34-21(28(47)33-19)9-6-12-37(50)18(3)41/h19-22,38H,4-15H2,1-3H3,(H,29,44)(H,30,45)(H,31,42)(H,32,43)(H,33,47)(H,34,46)/q-3. The van der Waals surface area contributed by atoms with Crippen LogP contribution in [0.1, 0.15) is 59.3 Å². The van der Waals surface area contributed by atoms with Gasteiger partial charge in [0.2, 0.25) is 53.2 Å². The van der Waals surface area contributed by atoms with Crippen molar-refractivity contribution in [3.63, 3.8) is 0 Å². The number of hydrogen-bond donors (Lipinski definition) is 7. The van der Waals surface area contributed by atoms with E-state index in [9.17, 15) is 63.9 Å². The summed E-state index contributed by atoms with van der Waals surface area (Å²) in [7, 11) is 0. The van der Waals surface area contributed by atoms with Gasteiger partial charge in [-0.1, -0.05) is 0 Å². The molecule has 1 fully saturated rings. The third-order valence-corrected chi connectivity index (χ3v) is 7.21. The third kappa shape index (κ3) is 16.0. The number of hydroxylamine groups is 6. The summed E-state index contributed by atoms with van der Waals surface area (Å²) in [6.45, 7) is -0.427. The first kappa shape index (κ1) is 43.1. The predicted molar refractivity (Wildman–Crippen MR) is 171 cm³/mol. The molecule has 22 heteroatoms. The molecule has 50 heavy (non-hydrogen) atoms. The predicted octanol–water partition coefficient (Wildman–Crippen LogP) is -4.46. The van der Waals surface area contributed by atoms with E-state index in [2.05, 4.69) is 31.9 Å². The number of nitrogens with zero attached hydrogens (tertiary/aromatic N) is 3. The third-order valence-electron chi connectivity index (χ3n) is 7.21. The van der Waals surface area contributed by atoms with Crippen LogP contribution in [0.25, 0.3) is 0 Å². The Morgan fingerprint density at radius 2 is 0.860 bits per heavy atom.